The Morgan fingerprint density at radius 1 is 1.21 bits per heavy atom. The van der Waals surface area contributed by atoms with E-state index in [4.69, 9.17) is 5.73 Å². The van der Waals surface area contributed by atoms with E-state index in [1.807, 2.05) is 13.8 Å². The average molecular weight is 200 g/mol. The molecule has 0 aliphatic rings. The topological polar surface area (TPSA) is 29.3 Å². The number of nitrogens with two attached hydrogens (primary N) is 1. The molecule has 0 saturated heterocycles. The molecule has 0 aromatic heterocycles. The molecule has 1 aromatic rings. The van der Waals surface area contributed by atoms with Crippen LogP contribution >= 0.6 is 0 Å². The molecular weight excluding hydrogens is 186 g/mol. The van der Waals surface area contributed by atoms with Crippen LogP contribution in [0.15, 0.2) is 12.1 Å². The van der Waals surface area contributed by atoms with Crippen LogP contribution in [-0.2, 0) is 0 Å². The maximum Gasteiger partial charge on any atom is 0.151 e. The van der Waals surface area contributed by atoms with E-state index in [1.54, 1.807) is 4.90 Å². The Morgan fingerprint density at radius 2 is 1.79 bits per heavy atom. The molecule has 0 amide bonds. The summed E-state index contributed by atoms with van der Waals surface area (Å²) in [5, 5.41) is 0. The third-order valence-corrected chi connectivity index (χ3v) is 2.14. The molecule has 2 nitrogen and oxygen atoms in total. The summed E-state index contributed by atoms with van der Waals surface area (Å²) in [6, 6.07) is 1.99. The maximum atomic E-state index is 13.4. The number of hydrogen-bond acceptors (Lipinski definition) is 2. The number of halogens is 2. The fourth-order valence-electron chi connectivity index (χ4n) is 1.46. The second kappa shape index (κ2) is 4.26. The third-order valence-electron chi connectivity index (χ3n) is 2.14. The van der Waals surface area contributed by atoms with Crippen molar-refractivity contribution < 1.29 is 8.78 Å². The molecule has 1 aromatic carbocycles. The van der Waals surface area contributed by atoms with Gasteiger partial charge < -0.3 is 10.6 Å². The van der Waals surface area contributed by atoms with Crippen LogP contribution in [0.5, 0.6) is 0 Å². The molecule has 0 heterocycles. The lowest BCUT2D eigenvalue weighted by molar-refractivity contribution is 0.581. The number of anilines is 2. The van der Waals surface area contributed by atoms with Crippen LogP contribution in [0.3, 0.4) is 0 Å². The molecule has 0 aliphatic heterocycles. The van der Waals surface area contributed by atoms with E-state index in [-0.39, 0.29) is 11.4 Å². The molecule has 0 bridgehead atoms. The van der Waals surface area contributed by atoms with Gasteiger partial charge in [-0.1, -0.05) is 0 Å². The van der Waals surface area contributed by atoms with E-state index in [1.165, 1.54) is 0 Å². The predicted octanol–water partition coefficient (Wildman–Crippen LogP) is 2.39. The maximum absolute atomic E-state index is 13.4. The van der Waals surface area contributed by atoms with E-state index >= 15 is 0 Å². The molecular formula is C10H14F2N2. The zero-order valence-corrected chi connectivity index (χ0v) is 8.35. The van der Waals surface area contributed by atoms with E-state index in [0.29, 0.717) is 13.1 Å². The normalized spacial score (nSPS) is 10.3. The standard InChI is InChI=1S/C10H14F2N2/c1-3-14(4-2)10-8(12)5-7(11)6-9(10)13/h5-6H,3-4,13H2,1-2H3. The number of nitrogen functional groups attached to an aromatic ring is 1. The van der Waals surface area contributed by atoms with E-state index < -0.39 is 11.6 Å². The van der Waals surface area contributed by atoms with Gasteiger partial charge in [0.05, 0.1) is 11.4 Å². The quantitative estimate of drug-likeness (QED) is 0.759. The van der Waals surface area contributed by atoms with E-state index in [9.17, 15) is 8.78 Å². The molecule has 78 valence electrons. The first kappa shape index (κ1) is 10.8. The van der Waals surface area contributed by atoms with E-state index in [2.05, 4.69) is 0 Å². The van der Waals surface area contributed by atoms with Gasteiger partial charge in [0.15, 0.2) is 5.82 Å². The van der Waals surface area contributed by atoms with Crippen LogP contribution < -0.4 is 10.6 Å². The minimum absolute atomic E-state index is 0.145. The number of hydrogen-bond donors (Lipinski definition) is 1. The monoisotopic (exact) mass is 200 g/mol. The summed E-state index contributed by atoms with van der Waals surface area (Å²) in [5.41, 5.74) is 5.99. The molecule has 0 fully saturated rings. The first-order valence-electron chi connectivity index (χ1n) is 4.59. The van der Waals surface area contributed by atoms with Gasteiger partial charge in [-0.15, -0.1) is 0 Å². The van der Waals surface area contributed by atoms with Gasteiger partial charge in [0, 0.05) is 19.2 Å². The zero-order valence-electron chi connectivity index (χ0n) is 8.35. The van der Waals surface area contributed by atoms with Crippen molar-refractivity contribution in [2.24, 2.45) is 0 Å². The van der Waals surface area contributed by atoms with Crippen molar-refractivity contribution in [2.45, 2.75) is 13.8 Å². The largest absolute Gasteiger partial charge is 0.397 e. The molecule has 1 rings (SSSR count). The summed E-state index contributed by atoms with van der Waals surface area (Å²) in [6.45, 7) is 5.07. The Morgan fingerprint density at radius 3 is 2.21 bits per heavy atom. The highest BCUT2D eigenvalue weighted by atomic mass is 19.1. The Labute approximate surface area is 82.3 Å². The Kier molecular flexibility index (Phi) is 3.28. The van der Waals surface area contributed by atoms with Gasteiger partial charge >= 0.3 is 0 Å². The molecule has 0 unspecified atom stereocenters. The van der Waals surface area contributed by atoms with Crippen molar-refractivity contribution >= 4 is 11.4 Å². The van der Waals surface area contributed by atoms with Crippen molar-refractivity contribution in [1.82, 2.24) is 0 Å². The molecule has 0 saturated carbocycles. The van der Waals surface area contributed by atoms with Gasteiger partial charge in [-0.05, 0) is 19.9 Å². The summed E-state index contributed by atoms with van der Waals surface area (Å²) >= 11 is 0. The highest BCUT2D eigenvalue weighted by molar-refractivity contribution is 5.68. The summed E-state index contributed by atoms with van der Waals surface area (Å²) in [7, 11) is 0. The molecule has 2 N–H and O–H groups in total. The van der Waals surface area contributed by atoms with Gasteiger partial charge in [0.25, 0.3) is 0 Å². The van der Waals surface area contributed by atoms with Crippen LogP contribution in [0, 0.1) is 11.6 Å². The molecule has 4 heteroatoms. The summed E-state index contributed by atoms with van der Waals surface area (Å²) in [5.74, 6) is -1.25. The van der Waals surface area contributed by atoms with Gasteiger partial charge in [-0.2, -0.15) is 0 Å². The smallest absolute Gasteiger partial charge is 0.151 e. The van der Waals surface area contributed by atoms with Crippen LogP contribution in [0.2, 0.25) is 0 Å². The summed E-state index contributed by atoms with van der Waals surface area (Å²) in [6.07, 6.45) is 0. The van der Waals surface area contributed by atoms with Crippen molar-refractivity contribution in [3.8, 4) is 0 Å². The number of benzene rings is 1. The minimum Gasteiger partial charge on any atom is -0.397 e. The average Bonchev–Trinajstić information content (AvgIpc) is 2.10. The van der Waals surface area contributed by atoms with E-state index in [0.717, 1.165) is 12.1 Å². The lowest BCUT2D eigenvalue weighted by Crippen LogP contribution is -2.24. The second-order valence-corrected chi connectivity index (χ2v) is 3.00. The van der Waals surface area contributed by atoms with Crippen molar-refractivity contribution in [3.63, 3.8) is 0 Å². The third kappa shape index (κ3) is 1.95. The first-order chi connectivity index (χ1) is 6.60. The van der Waals surface area contributed by atoms with Gasteiger partial charge in [0.1, 0.15) is 5.82 Å². The summed E-state index contributed by atoms with van der Waals surface area (Å²) in [4.78, 5) is 1.75. The molecule has 0 atom stereocenters. The lowest BCUT2D eigenvalue weighted by Gasteiger charge is -2.23. The van der Waals surface area contributed by atoms with Crippen molar-refractivity contribution in [3.05, 3.63) is 23.8 Å². The number of nitrogens with zero attached hydrogens (tertiary/aromatic N) is 1. The number of rotatable bonds is 3. The van der Waals surface area contributed by atoms with Gasteiger partial charge in [0.2, 0.25) is 0 Å². The summed E-state index contributed by atoms with van der Waals surface area (Å²) < 4.78 is 26.1. The first-order valence-corrected chi connectivity index (χ1v) is 4.59. The zero-order chi connectivity index (χ0) is 10.7. The molecule has 0 aliphatic carbocycles. The van der Waals surface area contributed by atoms with Crippen molar-refractivity contribution in [1.29, 1.82) is 0 Å². The Hall–Kier alpha value is -1.32. The van der Waals surface area contributed by atoms with Crippen LogP contribution in [0.1, 0.15) is 13.8 Å². The van der Waals surface area contributed by atoms with Crippen LogP contribution in [0.4, 0.5) is 20.2 Å². The second-order valence-electron chi connectivity index (χ2n) is 3.00. The molecule has 14 heavy (non-hydrogen) atoms. The van der Waals surface area contributed by atoms with Gasteiger partial charge in [-0.25, -0.2) is 8.78 Å². The Balaban J connectivity index is 3.19. The lowest BCUT2D eigenvalue weighted by atomic mass is 10.2. The van der Waals surface area contributed by atoms with Gasteiger partial charge in [-0.3, -0.25) is 0 Å². The highest BCUT2D eigenvalue weighted by Gasteiger charge is 2.13. The SMILES string of the molecule is CCN(CC)c1c(N)cc(F)cc1F. The van der Waals surface area contributed by atoms with Crippen molar-refractivity contribution in [2.75, 3.05) is 23.7 Å². The molecule has 0 spiro atoms. The minimum atomic E-state index is -0.643. The van der Waals surface area contributed by atoms with Crippen LogP contribution in [-0.4, -0.2) is 13.1 Å². The molecule has 0 radical (unpaired) electrons. The predicted molar refractivity (Wildman–Crippen MR) is 54.3 cm³/mol. The highest BCUT2D eigenvalue weighted by Crippen LogP contribution is 2.27. The van der Waals surface area contributed by atoms with Crippen LogP contribution in [0.25, 0.3) is 0 Å². The Bertz CT molecular complexity index is 299. The fourth-order valence-corrected chi connectivity index (χ4v) is 1.46. The fraction of sp³-hybridized carbons (Fsp3) is 0.400.